The summed E-state index contributed by atoms with van der Waals surface area (Å²) in [5, 5.41) is 8.17. The Morgan fingerprint density at radius 3 is 2.19 bits per heavy atom. The van der Waals surface area contributed by atoms with Gasteiger partial charge in [0.25, 0.3) is 0 Å². The van der Waals surface area contributed by atoms with Crippen LogP contribution in [-0.4, -0.2) is 35.4 Å². The van der Waals surface area contributed by atoms with E-state index in [0.29, 0.717) is 6.61 Å². The van der Waals surface area contributed by atoms with Gasteiger partial charge in [0.05, 0.1) is 13.2 Å². The summed E-state index contributed by atoms with van der Waals surface area (Å²) in [5.74, 6) is 2.61. The van der Waals surface area contributed by atoms with E-state index in [2.05, 4.69) is 17.1 Å². The first kappa shape index (κ1) is 16.5. The van der Waals surface area contributed by atoms with Crippen molar-refractivity contribution in [3.8, 4) is 11.5 Å². The molecule has 0 unspecified atom stereocenters. The molecule has 0 saturated carbocycles. The molecule has 0 fully saturated rings. The van der Waals surface area contributed by atoms with Crippen molar-refractivity contribution in [3.05, 3.63) is 24.3 Å². The normalized spacial score (nSPS) is 10.6. The molecular formula is C14H18N2O2S3. The molecule has 114 valence electrons. The van der Waals surface area contributed by atoms with Crippen molar-refractivity contribution in [1.82, 2.24) is 10.2 Å². The predicted molar refractivity (Wildman–Crippen MR) is 90.1 cm³/mol. The van der Waals surface area contributed by atoms with Crippen molar-refractivity contribution in [3.63, 3.8) is 0 Å². The van der Waals surface area contributed by atoms with E-state index in [4.69, 9.17) is 9.47 Å². The van der Waals surface area contributed by atoms with Gasteiger partial charge < -0.3 is 9.47 Å². The predicted octanol–water partition coefficient (Wildman–Crippen LogP) is 4.22. The molecule has 0 aliphatic carbocycles. The van der Waals surface area contributed by atoms with Gasteiger partial charge >= 0.3 is 0 Å². The minimum Gasteiger partial charge on any atom is -0.494 e. The summed E-state index contributed by atoms with van der Waals surface area (Å²) in [6.07, 6.45) is 3.02. The number of hydrogen-bond acceptors (Lipinski definition) is 7. The van der Waals surface area contributed by atoms with E-state index in [1.165, 1.54) is 0 Å². The van der Waals surface area contributed by atoms with Crippen molar-refractivity contribution in [2.45, 2.75) is 22.0 Å². The van der Waals surface area contributed by atoms with E-state index >= 15 is 0 Å². The molecule has 0 radical (unpaired) electrons. The lowest BCUT2D eigenvalue weighted by Crippen LogP contribution is -2.00. The molecule has 0 bridgehead atoms. The van der Waals surface area contributed by atoms with Crippen LogP contribution in [0.15, 0.2) is 32.9 Å². The first-order valence-corrected chi connectivity index (χ1v) is 9.70. The highest BCUT2D eigenvalue weighted by molar-refractivity contribution is 8.02. The van der Waals surface area contributed by atoms with Gasteiger partial charge in [-0.15, -0.1) is 10.2 Å². The van der Waals surface area contributed by atoms with Gasteiger partial charge in [0, 0.05) is 5.75 Å². The number of aromatic nitrogens is 2. The summed E-state index contributed by atoms with van der Waals surface area (Å²) in [5.41, 5.74) is 0. The number of rotatable bonds is 9. The quantitative estimate of drug-likeness (QED) is 0.502. The Morgan fingerprint density at radius 1 is 1.00 bits per heavy atom. The monoisotopic (exact) mass is 342 g/mol. The Bertz CT molecular complexity index is 531. The number of ether oxygens (including phenoxy) is 2. The standard InChI is InChI=1S/C14H18N2O2S3/c1-3-8-17-11-4-6-12(7-5-11)18-9-10-20-14-16-15-13(19-2)21-14/h4-7H,3,8-10H2,1-2H3. The van der Waals surface area contributed by atoms with Crippen LogP contribution in [0.25, 0.3) is 0 Å². The van der Waals surface area contributed by atoms with Crippen molar-refractivity contribution in [2.75, 3.05) is 25.2 Å². The number of thioether (sulfide) groups is 2. The molecule has 0 aliphatic heterocycles. The van der Waals surface area contributed by atoms with E-state index in [1.807, 2.05) is 30.5 Å². The lowest BCUT2D eigenvalue weighted by molar-refractivity contribution is 0.314. The largest absolute Gasteiger partial charge is 0.494 e. The van der Waals surface area contributed by atoms with Crippen LogP contribution in [0.5, 0.6) is 11.5 Å². The van der Waals surface area contributed by atoms with E-state index < -0.39 is 0 Å². The van der Waals surface area contributed by atoms with Gasteiger partial charge in [0.2, 0.25) is 0 Å². The van der Waals surface area contributed by atoms with Crippen molar-refractivity contribution >= 4 is 34.9 Å². The van der Waals surface area contributed by atoms with Crippen LogP contribution in [0.2, 0.25) is 0 Å². The van der Waals surface area contributed by atoms with E-state index in [-0.39, 0.29) is 0 Å². The zero-order valence-electron chi connectivity index (χ0n) is 12.1. The van der Waals surface area contributed by atoms with Gasteiger partial charge in [0.1, 0.15) is 11.5 Å². The topological polar surface area (TPSA) is 44.2 Å². The lowest BCUT2D eigenvalue weighted by Gasteiger charge is -2.07. The molecular weight excluding hydrogens is 324 g/mol. The second-order valence-electron chi connectivity index (χ2n) is 4.05. The summed E-state index contributed by atoms with van der Waals surface area (Å²) < 4.78 is 13.2. The van der Waals surface area contributed by atoms with Gasteiger partial charge in [-0.3, -0.25) is 0 Å². The first-order valence-electron chi connectivity index (χ1n) is 6.67. The average molecular weight is 343 g/mol. The highest BCUT2D eigenvalue weighted by Gasteiger charge is 2.03. The van der Waals surface area contributed by atoms with Crippen molar-refractivity contribution in [2.24, 2.45) is 0 Å². The van der Waals surface area contributed by atoms with Crippen LogP contribution in [-0.2, 0) is 0 Å². The molecule has 7 heteroatoms. The Balaban J connectivity index is 1.68. The van der Waals surface area contributed by atoms with Crippen LogP contribution in [0.4, 0.5) is 0 Å². The van der Waals surface area contributed by atoms with E-state index in [0.717, 1.165) is 39.0 Å². The minimum absolute atomic E-state index is 0.647. The maximum Gasteiger partial charge on any atom is 0.175 e. The van der Waals surface area contributed by atoms with Crippen LogP contribution >= 0.6 is 34.9 Å². The number of benzene rings is 1. The summed E-state index contributed by atoms with van der Waals surface area (Å²) in [6, 6.07) is 7.75. The molecule has 0 saturated heterocycles. The van der Waals surface area contributed by atoms with Gasteiger partial charge in [-0.05, 0) is 36.9 Å². The maximum absolute atomic E-state index is 5.70. The molecule has 1 aromatic carbocycles. The van der Waals surface area contributed by atoms with Gasteiger partial charge in [-0.25, -0.2) is 0 Å². The third-order valence-electron chi connectivity index (χ3n) is 2.44. The third-order valence-corrected chi connectivity index (χ3v) is 5.43. The van der Waals surface area contributed by atoms with Crippen LogP contribution in [0, 0.1) is 0 Å². The van der Waals surface area contributed by atoms with Crippen LogP contribution in [0.1, 0.15) is 13.3 Å². The number of nitrogens with zero attached hydrogens (tertiary/aromatic N) is 2. The molecule has 21 heavy (non-hydrogen) atoms. The molecule has 0 amide bonds. The van der Waals surface area contributed by atoms with Gasteiger partial charge in [-0.2, -0.15) is 0 Å². The summed E-state index contributed by atoms with van der Waals surface area (Å²) >= 11 is 4.91. The molecule has 2 aromatic rings. The first-order chi connectivity index (χ1) is 10.3. The molecule has 0 aliphatic rings. The van der Waals surface area contributed by atoms with Crippen molar-refractivity contribution < 1.29 is 9.47 Å². The van der Waals surface area contributed by atoms with Crippen LogP contribution in [0.3, 0.4) is 0 Å². The second kappa shape index (κ2) is 9.17. The molecule has 0 spiro atoms. The average Bonchev–Trinajstić information content (AvgIpc) is 2.99. The van der Waals surface area contributed by atoms with Crippen molar-refractivity contribution in [1.29, 1.82) is 0 Å². The Morgan fingerprint density at radius 2 is 1.62 bits per heavy atom. The van der Waals surface area contributed by atoms with Crippen LogP contribution < -0.4 is 9.47 Å². The molecule has 2 rings (SSSR count). The molecule has 1 heterocycles. The van der Waals surface area contributed by atoms with E-state index in [9.17, 15) is 0 Å². The minimum atomic E-state index is 0.647. The fraction of sp³-hybridized carbons (Fsp3) is 0.429. The fourth-order valence-corrected chi connectivity index (χ4v) is 3.80. The molecule has 0 N–H and O–H groups in total. The van der Waals surface area contributed by atoms with E-state index in [1.54, 1.807) is 34.9 Å². The number of hydrogen-bond donors (Lipinski definition) is 0. The Hall–Kier alpha value is -0.920. The van der Waals surface area contributed by atoms with Gasteiger partial charge in [0.15, 0.2) is 8.68 Å². The molecule has 1 aromatic heterocycles. The van der Waals surface area contributed by atoms with Gasteiger partial charge in [-0.1, -0.05) is 41.8 Å². The zero-order valence-corrected chi connectivity index (χ0v) is 14.5. The summed E-state index contributed by atoms with van der Waals surface area (Å²) in [6.45, 7) is 3.49. The Labute approximate surface area is 137 Å². The summed E-state index contributed by atoms with van der Waals surface area (Å²) in [4.78, 5) is 0. The highest BCUT2D eigenvalue weighted by Crippen LogP contribution is 2.27. The molecule has 0 atom stereocenters. The Kier molecular flexibility index (Phi) is 7.18. The smallest absolute Gasteiger partial charge is 0.175 e. The maximum atomic E-state index is 5.70. The zero-order chi connectivity index (χ0) is 14.9. The highest BCUT2D eigenvalue weighted by atomic mass is 32.2. The second-order valence-corrected chi connectivity index (χ2v) is 7.43. The lowest BCUT2D eigenvalue weighted by atomic mass is 10.3. The summed E-state index contributed by atoms with van der Waals surface area (Å²) in [7, 11) is 0. The third kappa shape index (κ3) is 5.76. The fourth-order valence-electron chi connectivity index (χ4n) is 1.48. The SMILES string of the molecule is CCCOc1ccc(OCCSc2nnc(SC)s2)cc1. The molecule has 4 nitrogen and oxygen atoms in total.